The predicted molar refractivity (Wildman–Crippen MR) is 117 cm³/mol. The Morgan fingerprint density at radius 3 is 2.55 bits per heavy atom. The normalized spacial score (nSPS) is 18.7. The van der Waals surface area contributed by atoms with Crippen molar-refractivity contribution in [1.82, 2.24) is 5.32 Å². The molecular formula is C24H29N3O2. The van der Waals surface area contributed by atoms with E-state index in [1.54, 1.807) is 7.05 Å². The third kappa shape index (κ3) is 4.91. The second-order valence-corrected chi connectivity index (χ2v) is 7.73. The average molecular weight is 392 g/mol. The Morgan fingerprint density at radius 1 is 1.14 bits per heavy atom. The van der Waals surface area contributed by atoms with Gasteiger partial charge in [0.2, 0.25) is 0 Å². The van der Waals surface area contributed by atoms with Crippen LogP contribution in [0.15, 0.2) is 58.8 Å². The number of benzene rings is 2. The topological polar surface area (TPSA) is 63.1 Å². The lowest BCUT2D eigenvalue weighted by atomic mass is 9.86. The zero-order valence-electron chi connectivity index (χ0n) is 17.6. The molecule has 0 aromatic heterocycles. The highest BCUT2D eigenvalue weighted by atomic mass is 16.6. The fraction of sp³-hybridized carbons (Fsp3) is 0.375. The third-order valence-electron chi connectivity index (χ3n) is 5.18. The monoisotopic (exact) mass is 391 g/mol. The quantitative estimate of drug-likeness (QED) is 0.633. The van der Waals surface area contributed by atoms with Crippen molar-refractivity contribution >= 4 is 17.4 Å². The van der Waals surface area contributed by atoms with Crippen LogP contribution in [-0.4, -0.2) is 19.7 Å². The number of nitrogens with one attached hydrogen (secondary N) is 1. The molecule has 0 saturated carbocycles. The number of nitrogens with zero attached hydrogens (tertiary/aromatic N) is 2. The van der Waals surface area contributed by atoms with E-state index in [-0.39, 0.29) is 12.2 Å². The molecule has 0 spiro atoms. The van der Waals surface area contributed by atoms with Crippen molar-refractivity contribution in [3.05, 3.63) is 70.8 Å². The summed E-state index contributed by atoms with van der Waals surface area (Å²) in [5.74, 6) is 0.531. The maximum atomic E-state index is 12.5. The number of rotatable bonds is 5. The summed E-state index contributed by atoms with van der Waals surface area (Å²) in [4.78, 5) is 12.5. The Morgan fingerprint density at radius 2 is 1.83 bits per heavy atom. The largest absolute Gasteiger partial charge is 0.441 e. The lowest BCUT2D eigenvalue weighted by Gasteiger charge is -2.26. The van der Waals surface area contributed by atoms with Crippen LogP contribution >= 0.6 is 0 Å². The van der Waals surface area contributed by atoms with Gasteiger partial charge in [0.05, 0.1) is 5.70 Å². The Hall–Kier alpha value is -2.95. The molecule has 0 heterocycles. The number of azo groups is 1. The van der Waals surface area contributed by atoms with Gasteiger partial charge in [-0.3, -0.25) is 0 Å². The van der Waals surface area contributed by atoms with Crippen molar-refractivity contribution in [2.45, 2.75) is 39.7 Å². The van der Waals surface area contributed by atoms with E-state index in [2.05, 4.69) is 47.6 Å². The van der Waals surface area contributed by atoms with E-state index in [0.717, 1.165) is 39.9 Å². The summed E-state index contributed by atoms with van der Waals surface area (Å²) in [6, 6.07) is 16.2. The summed E-state index contributed by atoms with van der Waals surface area (Å²) in [5.41, 5.74) is 6.01. The highest BCUT2D eigenvalue weighted by molar-refractivity contribution is 5.91. The smallest absolute Gasteiger partial charge is 0.407 e. The van der Waals surface area contributed by atoms with Crippen LogP contribution in [0.4, 0.5) is 4.79 Å². The van der Waals surface area contributed by atoms with Crippen LogP contribution < -0.4 is 5.32 Å². The van der Waals surface area contributed by atoms with Gasteiger partial charge in [-0.2, -0.15) is 10.2 Å². The zero-order chi connectivity index (χ0) is 20.8. The molecule has 1 aliphatic carbocycles. The van der Waals surface area contributed by atoms with Crippen molar-refractivity contribution in [3.8, 4) is 0 Å². The van der Waals surface area contributed by atoms with Crippen LogP contribution in [0.2, 0.25) is 0 Å². The molecule has 5 heteroatoms. The molecule has 1 amide bonds. The van der Waals surface area contributed by atoms with Crippen LogP contribution in [-0.2, 0) is 11.2 Å². The molecule has 5 nitrogen and oxygen atoms in total. The molecular weight excluding hydrogens is 362 g/mol. The van der Waals surface area contributed by atoms with Crippen molar-refractivity contribution < 1.29 is 9.53 Å². The first kappa shape index (κ1) is 20.8. The van der Waals surface area contributed by atoms with Gasteiger partial charge in [0.25, 0.3) is 0 Å². The van der Waals surface area contributed by atoms with Crippen LogP contribution in [0.25, 0.3) is 11.3 Å². The van der Waals surface area contributed by atoms with E-state index in [1.807, 2.05) is 37.3 Å². The van der Waals surface area contributed by atoms with Gasteiger partial charge in [0.1, 0.15) is 6.10 Å². The molecule has 0 aliphatic heterocycles. The number of carbonyl (C=O) groups excluding carboxylic acids is 1. The SMILES string of the molecule is C/N=N\C1=C(/C)c2ccccc2C(OC(=O)NCCC(C)C)Cc2ccccc21. The lowest BCUT2D eigenvalue weighted by Crippen LogP contribution is -2.28. The fourth-order valence-electron chi connectivity index (χ4n) is 3.66. The third-order valence-corrected chi connectivity index (χ3v) is 5.18. The molecule has 29 heavy (non-hydrogen) atoms. The number of fused-ring (bicyclic) bond motifs is 2. The van der Waals surface area contributed by atoms with Gasteiger partial charge < -0.3 is 10.1 Å². The van der Waals surface area contributed by atoms with Crippen molar-refractivity contribution in [2.24, 2.45) is 16.1 Å². The van der Waals surface area contributed by atoms with E-state index in [4.69, 9.17) is 4.74 Å². The van der Waals surface area contributed by atoms with Gasteiger partial charge in [0, 0.05) is 31.1 Å². The highest BCUT2D eigenvalue weighted by Gasteiger charge is 2.26. The maximum absolute atomic E-state index is 12.5. The van der Waals surface area contributed by atoms with Gasteiger partial charge in [-0.15, -0.1) is 0 Å². The first-order valence-electron chi connectivity index (χ1n) is 10.1. The second-order valence-electron chi connectivity index (χ2n) is 7.73. The summed E-state index contributed by atoms with van der Waals surface area (Å²) in [6.07, 6.45) is 0.757. The fourth-order valence-corrected chi connectivity index (χ4v) is 3.66. The van der Waals surface area contributed by atoms with E-state index in [1.165, 1.54) is 0 Å². The molecule has 0 radical (unpaired) electrons. The average Bonchev–Trinajstić information content (AvgIpc) is 2.70. The van der Waals surface area contributed by atoms with Crippen LogP contribution in [0.5, 0.6) is 0 Å². The number of allylic oxidation sites excluding steroid dienone is 1. The second kappa shape index (κ2) is 9.50. The maximum Gasteiger partial charge on any atom is 0.407 e. The molecule has 0 bridgehead atoms. The Labute approximate surface area is 172 Å². The van der Waals surface area contributed by atoms with Crippen LogP contribution in [0.3, 0.4) is 0 Å². The zero-order valence-corrected chi connectivity index (χ0v) is 17.6. The predicted octanol–water partition coefficient (Wildman–Crippen LogP) is 6.03. The molecule has 152 valence electrons. The lowest BCUT2D eigenvalue weighted by molar-refractivity contribution is 0.0969. The van der Waals surface area contributed by atoms with Gasteiger partial charge in [-0.25, -0.2) is 4.79 Å². The molecule has 1 aliphatic rings. The Bertz CT molecular complexity index is 931. The molecule has 3 rings (SSSR count). The first-order valence-corrected chi connectivity index (χ1v) is 10.1. The summed E-state index contributed by atoms with van der Waals surface area (Å²) in [6.45, 7) is 6.93. The van der Waals surface area contributed by atoms with Crippen LogP contribution in [0.1, 0.15) is 55.5 Å². The molecule has 0 saturated heterocycles. The number of ether oxygens (including phenoxy) is 1. The molecule has 1 unspecified atom stereocenters. The van der Waals surface area contributed by atoms with Crippen molar-refractivity contribution in [3.63, 3.8) is 0 Å². The summed E-state index contributed by atoms with van der Waals surface area (Å²) in [5, 5.41) is 11.4. The van der Waals surface area contributed by atoms with E-state index in [9.17, 15) is 4.79 Å². The number of amides is 1. The minimum absolute atomic E-state index is 0.374. The Kier molecular flexibility index (Phi) is 6.81. The van der Waals surface area contributed by atoms with E-state index >= 15 is 0 Å². The summed E-state index contributed by atoms with van der Waals surface area (Å²) < 4.78 is 5.91. The van der Waals surface area contributed by atoms with Crippen molar-refractivity contribution in [2.75, 3.05) is 13.6 Å². The van der Waals surface area contributed by atoms with Crippen LogP contribution in [0, 0.1) is 5.92 Å². The molecule has 1 atom stereocenters. The Balaban J connectivity index is 2.01. The first-order chi connectivity index (χ1) is 14.0. The number of alkyl carbamates (subject to hydrolysis) is 1. The number of hydrogen-bond donors (Lipinski definition) is 1. The minimum Gasteiger partial charge on any atom is -0.441 e. The molecule has 0 fully saturated rings. The summed E-state index contributed by atoms with van der Waals surface area (Å²) in [7, 11) is 1.68. The van der Waals surface area contributed by atoms with E-state index < -0.39 is 0 Å². The van der Waals surface area contributed by atoms with Gasteiger partial charge in [-0.05, 0) is 36.0 Å². The minimum atomic E-state index is -0.376. The molecule has 2 aromatic rings. The molecule has 1 N–H and O–H groups in total. The van der Waals surface area contributed by atoms with Gasteiger partial charge in [0.15, 0.2) is 0 Å². The van der Waals surface area contributed by atoms with E-state index in [0.29, 0.717) is 18.9 Å². The van der Waals surface area contributed by atoms with Crippen molar-refractivity contribution in [1.29, 1.82) is 0 Å². The number of hydrogen-bond acceptors (Lipinski definition) is 4. The molecule has 2 aromatic carbocycles. The standard InChI is InChI=1S/C24H29N3O2/c1-16(2)13-14-26-24(28)29-22-15-18-9-5-6-11-20(18)23(27-25-4)17(3)19-10-7-8-12-21(19)22/h5-12,16,22H,13-15H2,1-4H3,(H,26,28)/b23-17+,27-25-. The van der Waals surface area contributed by atoms with Gasteiger partial charge in [-0.1, -0.05) is 62.4 Å². The summed E-state index contributed by atoms with van der Waals surface area (Å²) >= 11 is 0. The van der Waals surface area contributed by atoms with Gasteiger partial charge >= 0.3 is 6.09 Å². The number of carbonyl (C=O) groups is 1. The highest BCUT2D eigenvalue weighted by Crippen LogP contribution is 2.39.